The van der Waals surface area contributed by atoms with Crippen molar-refractivity contribution < 1.29 is 0 Å². The summed E-state index contributed by atoms with van der Waals surface area (Å²) in [6, 6.07) is 0. The second-order valence-corrected chi connectivity index (χ2v) is 8.18. The Morgan fingerprint density at radius 1 is 1.40 bits per heavy atom. The molecule has 0 amide bonds. The molecule has 0 aliphatic carbocycles. The molecule has 0 aliphatic heterocycles. The molecule has 56 valence electrons. The highest BCUT2D eigenvalue weighted by Gasteiger charge is 2.27. The van der Waals surface area contributed by atoms with Gasteiger partial charge in [0.25, 0.3) is 0 Å². The lowest BCUT2D eigenvalue weighted by Crippen LogP contribution is -2.45. The molecular formula is C4H7BCl3NSi. The van der Waals surface area contributed by atoms with Crippen LogP contribution >= 0.6 is 33.6 Å². The molecule has 1 N–H and O–H groups in total. The van der Waals surface area contributed by atoms with Gasteiger partial charge in [-0.15, -0.1) is 35.3 Å². The topological polar surface area (TPSA) is 12.0 Å². The highest BCUT2D eigenvalue weighted by atomic mass is 35.7. The molecule has 0 fully saturated rings. The minimum absolute atomic E-state index is 0.389. The lowest BCUT2D eigenvalue weighted by atomic mass is 9.97. The Balaban J connectivity index is 3.86. The van der Waals surface area contributed by atoms with Crippen molar-refractivity contribution >= 4 is 46.7 Å². The molecule has 0 radical (unpaired) electrons. The molecule has 1 nitrogen and oxygen atoms in total. The standard InChI is InChI=1S/C4H7BCl3NSi/c1-3-5(6)9-10(7,8)4-2/h3-4,9H,1-2H2. The van der Waals surface area contributed by atoms with Crippen molar-refractivity contribution in [3.8, 4) is 0 Å². The molecule has 0 aliphatic rings. The van der Waals surface area contributed by atoms with Crippen LogP contribution in [0.1, 0.15) is 0 Å². The Morgan fingerprint density at radius 2 is 1.90 bits per heavy atom. The van der Waals surface area contributed by atoms with Gasteiger partial charge in [0.2, 0.25) is 0 Å². The Bertz CT molecular complexity index is 140. The quantitative estimate of drug-likeness (QED) is 0.558. The Hall–Kier alpha value is 0.592. The Morgan fingerprint density at radius 3 is 2.20 bits per heavy atom. The van der Waals surface area contributed by atoms with E-state index in [1.54, 1.807) is 0 Å². The van der Waals surface area contributed by atoms with Crippen LogP contribution in [0.4, 0.5) is 0 Å². The highest BCUT2D eigenvalue weighted by Crippen LogP contribution is 2.12. The largest absolute Gasteiger partial charge is 0.349 e. The van der Waals surface area contributed by atoms with Crippen molar-refractivity contribution in [2.24, 2.45) is 0 Å². The molecule has 0 bridgehead atoms. The van der Waals surface area contributed by atoms with Gasteiger partial charge in [0.1, 0.15) is 0 Å². The summed E-state index contributed by atoms with van der Waals surface area (Å²) in [7, 11) is 0. The first-order valence-electron chi connectivity index (χ1n) is 2.57. The lowest BCUT2D eigenvalue weighted by Gasteiger charge is -2.13. The van der Waals surface area contributed by atoms with Crippen LogP contribution in [0.3, 0.4) is 0 Å². The van der Waals surface area contributed by atoms with Gasteiger partial charge >= 0.3 is 13.1 Å². The van der Waals surface area contributed by atoms with Gasteiger partial charge in [0.05, 0.1) is 0 Å². The van der Waals surface area contributed by atoms with Gasteiger partial charge in [-0.3, -0.25) is 0 Å². The average molecular weight is 214 g/mol. The smallest absolute Gasteiger partial charge is 0.334 e. The van der Waals surface area contributed by atoms with E-state index in [1.165, 1.54) is 11.7 Å². The van der Waals surface area contributed by atoms with Gasteiger partial charge in [-0.05, 0) is 0 Å². The molecule has 0 aromatic carbocycles. The van der Waals surface area contributed by atoms with Gasteiger partial charge in [0.15, 0.2) is 0 Å². The SMILES string of the molecule is C=CB(Cl)N[Si](Cl)(Cl)C=C. The summed E-state index contributed by atoms with van der Waals surface area (Å²) in [4.78, 5) is 2.75. The van der Waals surface area contributed by atoms with Gasteiger partial charge in [0, 0.05) is 0 Å². The lowest BCUT2D eigenvalue weighted by molar-refractivity contribution is 1.56. The number of hydrogen-bond donors (Lipinski definition) is 1. The zero-order valence-electron chi connectivity index (χ0n) is 5.28. The van der Waals surface area contributed by atoms with Crippen LogP contribution in [0.5, 0.6) is 0 Å². The van der Waals surface area contributed by atoms with E-state index in [1.807, 2.05) is 0 Å². The molecule has 0 rings (SSSR count). The third-order valence-corrected chi connectivity index (χ3v) is 4.05. The predicted octanol–water partition coefficient (Wildman–Crippen LogP) is 2.17. The minimum atomic E-state index is -2.51. The normalized spacial score (nSPS) is 10.7. The molecule has 6 heteroatoms. The summed E-state index contributed by atoms with van der Waals surface area (Å²) in [6.07, 6.45) is -0.389. The third kappa shape index (κ3) is 4.41. The van der Waals surface area contributed by atoms with Crippen molar-refractivity contribution in [2.45, 2.75) is 0 Å². The predicted molar refractivity (Wildman–Crippen MR) is 52.6 cm³/mol. The molecule has 0 atom stereocenters. The Labute approximate surface area is 76.5 Å². The Kier molecular flexibility index (Phi) is 4.73. The van der Waals surface area contributed by atoms with Crippen molar-refractivity contribution in [1.29, 1.82) is 0 Å². The zero-order valence-corrected chi connectivity index (χ0v) is 8.55. The van der Waals surface area contributed by atoms with Crippen molar-refractivity contribution in [1.82, 2.24) is 4.89 Å². The van der Waals surface area contributed by atoms with Crippen LogP contribution in [-0.2, 0) is 0 Å². The molecule has 0 unspecified atom stereocenters. The molecule has 0 aromatic heterocycles. The van der Waals surface area contributed by atoms with Gasteiger partial charge in [-0.1, -0.05) is 11.7 Å². The number of hydrogen-bond acceptors (Lipinski definition) is 1. The summed E-state index contributed by atoms with van der Waals surface area (Å²) in [6.45, 7) is 4.41. The van der Waals surface area contributed by atoms with Gasteiger partial charge in [-0.2, -0.15) is 11.5 Å². The minimum Gasteiger partial charge on any atom is -0.334 e. The second-order valence-electron chi connectivity index (χ2n) is 1.61. The van der Waals surface area contributed by atoms with Crippen molar-refractivity contribution in [2.75, 3.05) is 0 Å². The second kappa shape index (κ2) is 4.47. The number of nitrogens with one attached hydrogen (secondary N) is 1. The van der Waals surface area contributed by atoms with Crippen molar-refractivity contribution in [3.05, 3.63) is 24.8 Å². The first-order chi connectivity index (χ1) is 4.52. The van der Waals surface area contributed by atoms with E-state index in [0.717, 1.165) is 0 Å². The van der Waals surface area contributed by atoms with Crippen LogP contribution in [0.2, 0.25) is 0 Å². The first-order valence-corrected chi connectivity index (χ1v) is 7.11. The van der Waals surface area contributed by atoms with E-state index < -0.39 is 6.86 Å². The van der Waals surface area contributed by atoms with Crippen LogP contribution in [-0.4, -0.2) is 13.1 Å². The van der Waals surface area contributed by atoms with Crippen molar-refractivity contribution in [3.63, 3.8) is 0 Å². The maximum Gasteiger partial charge on any atom is 0.349 e. The molecule has 0 heterocycles. The van der Waals surface area contributed by atoms with Crippen LogP contribution in [0.15, 0.2) is 24.8 Å². The molecule has 0 aromatic rings. The first kappa shape index (κ1) is 10.6. The van der Waals surface area contributed by atoms with Gasteiger partial charge < -0.3 is 4.89 Å². The third-order valence-electron chi connectivity index (χ3n) is 0.794. The fourth-order valence-electron chi connectivity index (χ4n) is 0.302. The average Bonchev–Trinajstić information content (AvgIpc) is 1.87. The van der Waals surface area contributed by atoms with E-state index in [2.05, 4.69) is 18.1 Å². The van der Waals surface area contributed by atoms with Crippen LogP contribution in [0, 0.1) is 0 Å². The molecule has 0 saturated heterocycles. The highest BCUT2D eigenvalue weighted by molar-refractivity contribution is 7.49. The molecule has 0 spiro atoms. The summed E-state index contributed by atoms with van der Waals surface area (Å²) < 4.78 is 0. The monoisotopic (exact) mass is 213 g/mol. The van der Waals surface area contributed by atoms with E-state index in [-0.39, 0.29) is 6.26 Å². The summed E-state index contributed by atoms with van der Waals surface area (Å²) in [5, 5.41) is 0. The fourth-order valence-corrected chi connectivity index (χ4v) is 2.46. The van der Waals surface area contributed by atoms with Crippen LogP contribution in [0.25, 0.3) is 0 Å². The number of rotatable bonds is 4. The van der Waals surface area contributed by atoms with E-state index in [9.17, 15) is 0 Å². The zero-order chi connectivity index (χ0) is 8.20. The fraction of sp³-hybridized carbons (Fsp3) is 0. The maximum absolute atomic E-state index is 5.74. The van der Waals surface area contributed by atoms with E-state index >= 15 is 0 Å². The summed E-state index contributed by atoms with van der Waals surface area (Å²) in [5.74, 6) is 1.51. The maximum atomic E-state index is 5.74. The van der Waals surface area contributed by atoms with E-state index in [4.69, 9.17) is 33.6 Å². The van der Waals surface area contributed by atoms with E-state index in [0.29, 0.717) is 0 Å². The van der Waals surface area contributed by atoms with Gasteiger partial charge in [-0.25, -0.2) is 0 Å². The molecular weight excluding hydrogens is 207 g/mol. The number of halogens is 3. The molecule has 0 saturated carbocycles. The van der Waals surface area contributed by atoms with Crippen LogP contribution < -0.4 is 4.89 Å². The summed E-state index contributed by atoms with van der Waals surface area (Å²) >= 11 is 17.1. The molecule has 10 heavy (non-hydrogen) atoms. The summed E-state index contributed by atoms with van der Waals surface area (Å²) in [5.41, 5.74) is 1.48.